The Hall–Kier alpha value is 0.0400. The molecule has 0 spiro atoms. The van der Waals surface area contributed by atoms with Crippen LogP contribution in [-0.2, 0) is 9.53 Å². The minimum atomic E-state index is -0.361. The fraction of sp³-hybridized carbons (Fsp3) is 0.500. The highest BCUT2D eigenvalue weighted by atomic mass is 79.9. The number of hydrogen-bond donors (Lipinski definition) is 0. The number of rotatable bonds is 2. The lowest BCUT2D eigenvalue weighted by Gasteiger charge is -1.96. The van der Waals surface area contributed by atoms with Crippen LogP contribution in [0.25, 0.3) is 0 Å². The van der Waals surface area contributed by atoms with Gasteiger partial charge in [-0.25, -0.2) is 0 Å². The first kappa shape index (κ1) is 8.04. The van der Waals surface area contributed by atoms with Gasteiger partial charge < -0.3 is 4.74 Å². The second-order valence-corrected chi connectivity index (χ2v) is 2.72. The number of esters is 1. The zero-order valence-electron chi connectivity index (χ0n) is 4.26. The summed E-state index contributed by atoms with van der Waals surface area (Å²) in [4.78, 5) is 10.1. The van der Waals surface area contributed by atoms with E-state index in [0.29, 0.717) is 0 Å². The minimum absolute atomic E-state index is 0.276. The summed E-state index contributed by atoms with van der Waals surface area (Å²) in [6, 6.07) is 0. The molecule has 1 atom stereocenters. The van der Waals surface area contributed by atoms with Gasteiger partial charge in [-0.05, 0) is 19.1 Å². The molecule has 2 nitrogen and oxygen atoms in total. The van der Waals surface area contributed by atoms with Gasteiger partial charge in [-0.3, -0.25) is 4.79 Å². The Morgan fingerprint density at radius 1 is 2.00 bits per heavy atom. The summed E-state index contributed by atoms with van der Waals surface area (Å²) in [5.41, 5.74) is 0.945. The SMILES string of the molecule is CC(Br)C(=O)OC=S. The van der Waals surface area contributed by atoms with Gasteiger partial charge in [-0.15, -0.1) is 0 Å². The van der Waals surface area contributed by atoms with E-state index in [9.17, 15) is 4.79 Å². The molecule has 0 rings (SSSR count). The molecule has 0 aliphatic rings. The van der Waals surface area contributed by atoms with Gasteiger partial charge in [-0.2, -0.15) is 0 Å². The fourth-order valence-corrected chi connectivity index (χ4v) is 0.344. The molecule has 4 heteroatoms. The number of thiocarbonyl (C=S) groups is 1. The third-order valence-electron chi connectivity index (χ3n) is 0.489. The Labute approximate surface area is 61.3 Å². The molecular formula is C4H5BrO2S. The lowest BCUT2D eigenvalue weighted by molar-refractivity contribution is -0.133. The standard InChI is InChI=1S/C4H5BrO2S/c1-3(5)4(6)7-2-8/h2-3H,1H3. The predicted molar refractivity (Wildman–Crippen MR) is 38.1 cm³/mol. The number of hydrogen-bond acceptors (Lipinski definition) is 3. The van der Waals surface area contributed by atoms with Crippen LogP contribution in [0.4, 0.5) is 0 Å². The maximum Gasteiger partial charge on any atom is 0.325 e. The van der Waals surface area contributed by atoms with Gasteiger partial charge in [0, 0.05) is 0 Å². The number of alkyl halides is 1. The van der Waals surface area contributed by atoms with Crippen LogP contribution in [-0.4, -0.2) is 16.4 Å². The third-order valence-corrected chi connectivity index (χ3v) is 0.959. The Morgan fingerprint density at radius 3 is 2.62 bits per heavy atom. The van der Waals surface area contributed by atoms with E-state index in [2.05, 4.69) is 32.9 Å². The van der Waals surface area contributed by atoms with Gasteiger partial charge in [0.15, 0.2) is 5.55 Å². The molecule has 8 heavy (non-hydrogen) atoms. The molecular weight excluding hydrogens is 192 g/mol. The van der Waals surface area contributed by atoms with Crippen LogP contribution in [0, 0.1) is 0 Å². The highest BCUT2D eigenvalue weighted by Crippen LogP contribution is 1.97. The average molecular weight is 197 g/mol. The molecule has 0 bridgehead atoms. The smallest absolute Gasteiger partial charge is 0.325 e. The molecule has 1 unspecified atom stereocenters. The molecule has 0 aromatic rings. The minimum Gasteiger partial charge on any atom is -0.422 e. The molecule has 0 fully saturated rings. The zero-order chi connectivity index (χ0) is 6.57. The fourth-order valence-electron chi connectivity index (χ4n) is 0.141. The van der Waals surface area contributed by atoms with Crippen molar-refractivity contribution in [3.05, 3.63) is 0 Å². The van der Waals surface area contributed by atoms with E-state index in [1.165, 1.54) is 0 Å². The van der Waals surface area contributed by atoms with Crippen LogP contribution in [0.2, 0.25) is 0 Å². The van der Waals surface area contributed by atoms with Crippen LogP contribution in [0.15, 0.2) is 0 Å². The van der Waals surface area contributed by atoms with Crippen molar-refractivity contribution in [3.8, 4) is 0 Å². The third kappa shape index (κ3) is 3.10. The molecule has 0 heterocycles. The quantitative estimate of drug-likeness (QED) is 0.378. The van der Waals surface area contributed by atoms with Crippen LogP contribution < -0.4 is 0 Å². The number of carbonyl (C=O) groups excluding carboxylic acids is 1. The lowest BCUT2D eigenvalue weighted by atomic mass is 10.5. The van der Waals surface area contributed by atoms with Crippen LogP contribution >= 0.6 is 28.1 Å². The number of ether oxygens (including phenoxy) is 1. The molecule has 0 N–H and O–H groups in total. The first-order valence-corrected chi connectivity index (χ1v) is 3.35. The molecule has 0 aliphatic heterocycles. The second kappa shape index (κ2) is 3.97. The van der Waals surface area contributed by atoms with Gasteiger partial charge in [0.25, 0.3) is 0 Å². The Kier molecular flexibility index (Phi) is 3.99. The summed E-state index contributed by atoms with van der Waals surface area (Å²) >= 11 is 7.26. The molecule has 0 radical (unpaired) electrons. The Bertz CT molecular complexity index is 102. The van der Waals surface area contributed by atoms with Gasteiger partial charge in [0.1, 0.15) is 4.83 Å². The van der Waals surface area contributed by atoms with Crippen molar-refractivity contribution in [2.24, 2.45) is 0 Å². The molecule has 46 valence electrons. The summed E-state index contributed by atoms with van der Waals surface area (Å²) < 4.78 is 4.31. The highest BCUT2D eigenvalue weighted by Gasteiger charge is 2.07. The maximum atomic E-state index is 10.4. The summed E-state index contributed by atoms with van der Waals surface area (Å²) in [6.45, 7) is 1.67. The van der Waals surface area contributed by atoms with Gasteiger partial charge in [0.2, 0.25) is 0 Å². The zero-order valence-corrected chi connectivity index (χ0v) is 6.66. The molecule has 0 aromatic carbocycles. The highest BCUT2D eigenvalue weighted by molar-refractivity contribution is 9.10. The Balaban J connectivity index is 3.48. The van der Waals surface area contributed by atoms with Crippen LogP contribution in [0.1, 0.15) is 6.92 Å². The first-order valence-electron chi connectivity index (χ1n) is 1.96. The normalized spacial score (nSPS) is 12.2. The topological polar surface area (TPSA) is 26.3 Å². The molecule has 0 saturated heterocycles. The van der Waals surface area contributed by atoms with Crippen molar-refractivity contribution in [2.75, 3.05) is 0 Å². The van der Waals surface area contributed by atoms with E-state index in [1.807, 2.05) is 0 Å². The summed E-state index contributed by atoms with van der Waals surface area (Å²) in [6.07, 6.45) is 0. The summed E-state index contributed by atoms with van der Waals surface area (Å²) in [5.74, 6) is -0.361. The summed E-state index contributed by atoms with van der Waals surface area (Å²) in [5, 5.41) is 0. The number of halogens is 1. The van der Waals surface area contributed by atoms with Crippen molar-refractivity contribution >= 4 is 39.7 Å². The van der Waals surface area contributed by atoms with Crippen molar-refractivity contribution in [1.82, 2.24) is 0 Å². The predicted octanol–water partition coefficient (Wildman–Crippen LogP) is 1.27. The van der Waals surface area contributed by atoms with Crippen molar-refractivity contribution < 1.29 is 9.53 Å². The van der Waals surface area contributed by atoms with Crippen LogP contribution in [0.3, 0.4) is 0 Å². The Morgan fingerprint density at radius 2 is 2.50 bits per heavy atom. The molecule has 0 aromatic heterocycles. The average Bonchev–Trinajstić information content (AvgIpc) is 1.67. The van der Waals surface area contributed by atoms with Gasteiger partial charge >= 0.3 is 5.97 Å². The maximum absolute atomic E-state index is 10.4. The van der Waals surface area contributed by atoms with E-state index in [4.69, 9.17) is 0 Å². The molecule has 0 saturated carbocycles. The van der Waals surface area contributed by atoms with E-state index in [0.717, 1.165) is 5.55 Å². The largest absolute Gasteiger partial charge is 0.422 e. The monoisotopic (exact) mass is 196 g/mol. The molecule has 0 amide bonds. The lowest BCUT2D eigenvalue weighted by Crippen LogP contribution is -2.11. The van der Waals surface area contributed by atoms with E-state index in [1.54, 1.807) is 6.92 Å². The van der Waals surface area contributed by atoms with E-state index < -0.39 is 0 Å². The first-order chi connectivity index (χ1) is 3.68. The van der Waals surface area contributed by atoms with Gasteiger partial charge in [-0.1, -0.05) is 15.9 Å². The van der Waals surface area contributed by atoms with Crippen LogP contribution in [0.5, 0.6) is 0 Å². The molecule has 0 aliphatic carbocycles. The van der Waals surface area contributed by atoms with Crippen molar-refractivity contribution in [1.29, 1.82) is 0 Å². The van der Waals surface area contributed by atoms with Crippen molar-refractivity contribution in [2.45, 2.75) is 11.8 Å². The van der Waals surface area contributed by atoms with E-state index in [-0.39, 0.29) is 10.8 Å². The van der Waals surface area contributed by atoms with E-state index >= 15 is 0 Å². The van der Waals surface area contributed by atoms with Crippen molar-refractivity contribution in [3.63, 3.8) is 0 Å². The number of carbonyl (C=O) groups is 1. The second-order valence-electron chi connectivity index (χ2n) is 1.15. The summed E-state index contributed by atoms with van der Waals surface area (Å²) in [7, 11) is 0. The van der Waals surface area contributed by atoms with Gasteiger partial charge in [0.05, 0.1) is 0 Å².